The third kappa shape index (κ3) is 11.2. The number of guanidine groups is 1. The Bertz CT molecular complexity index is 858. The van der Waals surface area contributed by atoms with Gasteiger partial charge in [-0.2, -0.15) is 0 Å². The number of nitrogens with one attached hydrogen (secondary N) is 3. The molecule has 1 aliphatic heterocycles. The van der Waals surface area contributed by atoms with Gasteiger partial charge in [0.2, 0.25) is 11.8 Å². The largest absolute Gasteiger partial charge is 0.370 e. The van der Waals surface area contributed by atoms with Crippen LogP contribution in [0.2, 0.25) is 0 Å². The molecule has 0 aromatic carbocycles. The molecule has 13 heteroatoms. The highest BCUT2D eigenvalue weighted by Gasteiger charge is 2.35. The highest BCUT2D eigenvalue weighted by atomic mass is 16.2. The molecule has 1 rings (SSSR count). The molecule has 37 heavy (non-hydrogen) atoms. The number of aliphatic imine (C=N–C) groups is 1. The van der Waals surface area contributed by atoms with Gasteiger partial charge in [0, 0.05) is 26.6 Å². The Morgan fingerprint density at radius 3 is 2.62 bits per heavy atom. The zero-order valence-corrected chi connectivity index (χ0v) is 21.9. The second-order valence-electron chi connectivity index (χ2n) is 9.18. The Hall–Kier alpha value is -3.16. The Balaban J connectivity index is 3.13. The number of hydrogen-bond donors (Lipinski definition) is 6. The van der Waals surface area contributed by atoms with E-state index in [0.717, 1.165) is 0 Å². The van der Waals surface area contributed by atoms with Crippen molar-refractivity contribution >= 4 is 35.6 Å². The first-order chi connectivity index (χ1) is 17.5. The lowest BCUT2D eigenvalue weighted by Gasteiger charge is -2.28. The highest BCUT2D eigenvalue weighted by molar-refractivity contribution is 6.08. The van der Waals surface area contributed by atoms with Gasteiger partial charge in [0.1, 0.15) is 18.5 Å². The summed E-state index contributed by atoms with van der Waals surface area (Å²) in [4.78, 5) is 68.7. The van der Waals surface area contributed by atoms with E-state index in [9.17, 15) is 24.0 Å². The van der Waals surface area contributed by atoms with Crippen molar-refractivity contribution in [3.63, 3.8) is 0 Å². The lowest BCUT2D eigenvalue weighted by atomic mass is 9.92. The van der Waals surface area contributed by atoms with E-state index >= 15 is 0 Å². The number of ketones is 2. The molecule has 9 N–H and O–H groups in total. The summed E-state index contributed by atoms with van der Waals surface area (Å²) in [6, 6.07) is -3.01. The van der Waals surface area contributed by atoms with Crippen molar-refractivity contribution in [1.29, 1.82) is 0 Å². The van der Waals surface area contributed by atoms with E-state index < -0.39 is 54.2 Å². The molecular weight excluding hydrogens is 480 g/mol. The maximum absolute atomic E-state index is 13.1. The van der Waals surface area contributed by atoms with Crippen LogP contribution in [-0.2, 0) is 24.0 Å². The van der Waals surface area contributed by atoms with Crippen LogP contribution < -0.4 is 33.2 Å². The average Bonchev–Trinajstić information content (AvgIpc) is 2.87. The molecule has 13 nitrogen and oxygen atoms in total. The summed E-state index contributed by atoms with van der Waals surface area (Å²) in [6.45, 7) is 3.81. The van der Waals surface area contributed by atoms with E-state index in [0.29, 0.717) is 38.5 Å². The second kappa shape index (κ2) is 16.6. The number of amides is 2. The molecule has 0 fully saturated rings. The van der Waals surface area contributed by atoms with Crippen LogP contribution in [0.5, 0.6) is 0 Å². The second-order valence-corrected chi connectivity index (χ2v) is 9.18. The molecule has 0 saturated heterocycles. The van der Waals surface area contributed by atoms with Gasteiger partial charge in [-0.25, -0.2) is 0 Å². The van der Waals surface area contributed by atoms with Gasteiger partial charge in [0.25, 0.3) is 0 Å². The van der Waals surface area contributed by atoms with Crippen LogP contribution in [0.1, 0.15) is 46.0 Å². The number of hydrogen-bond acceptors (Lipinski definition) is 9. The van der Waals surface area contributed by atoms with E-state index in [1.807, 2.05) is 13.8 Å². The topological polar surface area (TPSA) is 215 Å². The molecule has 0 unspecified atom stereocenters. The van der Waals surface area contributed by atoms with Crippen molar-refractivity contribution < 1.29 is 24.0 Å². The standard InChI is InChI=1S/C24H42N8O5/c1-4-15(2)19(25)21(36)20-23(37)32(3)12-7-5-6-10-18(35)31-22(17(34)13-29-20)30-16(14-33)9-8-11-28-24(26)27/h5,7,14-16,19-20,22,29-30H,4,6,8-13,25H2,1-3H3,(H,31,35)(H4,26,27,28)/t15-,16-,19+,20+,22-/m1/s1. The Kier molecular flexibility index (Phi) is 14.3. The zero-order chi connectivity index (χ0) is 28.0. The third-order valence-electron chi connectivity index (χ3n) is 6.20. The number of rotatable bonds is 11. The normalized spacial score (nSPS) is 22.4. The molecular formula is C24H42N8O5. The summed E-state index contributed by atoms with van der Waals surface area (Å²) in [5.74, 6) is -2.22. The van der Waals surface area contributed by atoms with Crippen molar-refractivity contribution in [2.75, 3.05) is 26.7 Å². The van der Waals surface area contributed by atoms with Gasteiger partial charge in [-0.1, -0.05) is 32.4 Å². The van der Waals surface area contributed by atoms with Crippen LogP contribution >= 0.6 is 0 Å². The fraction of sp³-hybridized carbons (Fsp3) is 0.667. The minimum atomic E-state index is -1.34. The van der Waals surface area contributed by atoms with Gasteiger partial charge in [-0.15, -0.1) is 0 Å². The number of likely N-dealkylation sites (N-methyl/N-ethyl adjacent to an activating group) is 1. The average molecular weight is 523 g/mol. The summed E-state index contributed by atoms with van der Waals surface area (Å²) in [5.41, 5.74) is 16.7. The molecule has 0 aliphatic carbocycles. The lowest BCUT2D eigenvalue weighted by Crippen LogP contribution is -2.60. The first-order valence-corrected chi connectivity index (χ1v) is 12.5. The van der Waals surface area contributed by atoms with Crippen molar-refractivity contribution in [2.24, 2.45) is 28.1 Å². The molecule has 208 valence electrons. The summed E-state index contributed by atoms with van der Waals surface area (Å²) < 4.78 is 0. The molecule has 5 atom stereocenters. The highest BCUT2D eigenvalue weighted by Crippen LogP contribution is 2.10. The van der Waals surface area contributed by atoms with E-state index in [1.54, 1.807) is 19.2 Å². The summed E-state index contributed by atoms with van der Waals surface area (Å²) in [6.07, 6.45) is 4.77. The van der Waals surface area contributed by atoms with Crippen molar-refractivity contribution in [1.82, 2.24) is 20.9 Å². The summed E-state index contributed by atoms with van der Waals surface area (Å²) in [5, 5.41) is 8.19. The summed E-state index contributed by atoms with van der Waals surface area (Å²) in [7, 11) is 1.55. The van der Waals surface area contributed by atoms with Crippen LogP contribution in [0.15, 0.2) is 17.1 Å². The SMILES string of the molecule is CC[C@@H](C)[C@H](N)C(=O)[C@@H]1NCC(=O)[C@H](N[C@@H](C=O)CCCN=C(N)N)NC(=O)CCC=CCN(C)C1=O. The number of carbonyl (C=O) groups excluding carboxylic acids is 5. The van der Waals surface area contributed by atoms with Gasteiger partial charge in [-0.05, 0) is 25.2 Å². The van der Waals surface area contributed by atoms with Crippen molar-refractivity contribution in [3.05, 3.63) is 12.2 Å². The van der Waals surface area contributed by atoms with Gasteiger partial charge in [0.15, 0.2) is 17.5 Å². The predicted octanol–water partition coefficient (Wildman–Crippen LogP) is -2.08. The first-order valence-electron chi connectivity index (χ1n) is 12.5. The minimum absolute atomic E-state index is 0.0680. The number of Topliss-reactive ketones (excluding diaryl/α,β-unsaturated/α-hetero) is 2. The van der Waals surface area contributed by atoms with Crippen LogP contribution in [0.4, 0.5) is 0 Å². The molecule has 0 aromatic heterocycles. The molecule has 0 aromatic rings. The van der Waals surface area contributed by atoms with Crippen molar-refractivity contribution in [2.45, 2.75) is 70.2 Å². The van der Waals surface area contributed by atoms with Crippen LogP contribution in [0.25, 0.3) is 0 Å². The number of allylic oxidation sites excluding steroid dienone is 1. The maximum atomic E-state index is 13.1. The van der Waals surface area contributed by atoms with E-state index in [4.69, 9.17) is 17.2 Å². The fourth-order valence-electron chi connectivity index (χ4n) is 3.59. The first kappa shape index (κ1) is 31.9. The van der Waals surface area contributed by atoms with Gasteiger partial charge in [0.05, 0.1) is 18.6 Å². The third-order valence-corrected chi connectivity index (χ3v) is 6.20. The molecule has 0 bridgehead atoms. The monoisotopic (exact) mass is 522 g/mol. The number of aldehydes is 1. The Morgan fingerprint density at radius 2 is 2.00 bits per heavy atom. The Morgan fingerprint density at radius 1 is 1.30 bits per heavy atom. The summed E-state index contributed by atoms with van der Waals surface area (Å²) >= 11 is 0. The predicted molar refractivity (Wildman–Crippen MR) is 140 cm³/mol. The Labute approximate surface area is 218 Å². The number of carbonyl (C=O) groups is 5. The smallest absolute Gasteiger partial charge is 0.247 e. The van der Waals surface area contributed by atoms with Crippen LogP contribution in [-0.4, -0.2) is 91.5 Å². The van der Waals surface area contributed by atoms with Crippen molar-refractivity contribution in [3.8, 4) is 0 Å². The number of nitrogens with two attached hydrogens (primary N) is 3. The molecule has 0 saturated carbocycles. The zero-order valence-electron chi connectivity index (χ0n) is 21.9. The van der Waals surface area contributed by atoms with E-state index in [1.165, 1.54) is 4.90 Å². The van der Waals surface area contributed by atoms with Crippen LogP contribution in [0, 0.1) is 5.92 Å². The molecule has 2 amide bonds. The van der Waals surface area contributed by atoms with E-state index in [-0.39, 0.29) is 24.8 Å². The lowest BCUT2D eigenvalue weighted by molar-refractivity contribution is -0.138. The van der Waals surface area contributed by atoms with E-state index in [2.05, 4.69) is 20.9 Å². The maximum Gasteiger partial charge on any atom is 0.247 e. The molecule has 0 spiro atoms. The molecule has 0 radical (unpaired) electrons. The fourth-order valence-corrected chi connectivity index (χ4v) is 3.59. The quantitative estimate of drug-likeness (QED) is 0.0434. The van der Waals surface area contributed by atoms with Gasteiger partial charge >= 0.3 is 0 Å². The van der Waals surface area contributed by atoms with Crippen LogP contribution in [0.3, 0.4) is 0 Å². The molecule has 1 aliphatic rings. The molecule has 1 heterocycles. The number of nitrogens with zero attached hydrogens (tertiary/aromatic N) is 2. The van der Waals surface area contributed by atoms with Gasteiger partial charge < -0.3 is 32.2 Å². The minimum Gasteiger partial charge on any atom is -0.370 e. The van der Waals surface area contributed by atoms with Gasteiger partial charge in [-0.3, -0.25) is 34.8 Å².